The summed E-state index contributed by atoms with van der Waals surface area (Å²) < 4.78 is 31.9. The summed E-state index contributed by atoms with van der Waals surface area (Å²) in [6, 6.07) is 6.62. The van der Waals surface area contributed by atoms with Crippen LogP contribution >= 0.6 is 0 Å². The number of nitrogens with zero attached hydrogens (tertiary/aromatic N) is 1. The van der Waals surface area contributed by atoms with Gasteiger partial charge in [-0.05, 0) is 120 Å². The number of ether oxygens (including phenoxy) is 5. The Morgan fingerprint density at radius 3 is 2.46 bits per heavy atom. The molecule has 1 amide bonds. The van der Waals surface area contributed by atoms with Gasteiger partial charge >= 0.3 is 11.9 Å². The molecule has 11 unspecified atom stereocenters. The second kappa shape index (κ2) is 14.1. The maximum Gasteiger partial charge on any atom is 0.327 e. The molecule has 59 heavy (non-hydrogen) atoms. The Morgan fingerprint density at radius 2 is 1.76 bits per heavy atom. The van der Waals surface area contributed by atoms with Crippen LogP contribution in [0.15, 0.2) is 29.8 Å². The Balaban J connectivity index is 0.937. The Labute approximate surface area is 348 Å². The normalized spacial score (nSPS) is 40.3. The molecule has 2 bridgehead atoms. The Hall–Kier alpha value is -2.87. The van der Waals surface area contributed by atoms with E-state index in [2.05, 4.69) is 50.4 Å². The molecule has 10 rings (SSSR count). The van der Waals surface area contributed by atoms with Crippen molar-refractivity contribution in [2.75, 3.05) is 6.61 Å². The van der Waals surface area contributed by atoms with Crippen molar-refractivity contribution in [1.82, 2.24) is 10.4 Å². The fourth-order valence-corrected chi connectivity index (χ4v) is 12.3. The molecule has 11 atom stereocenters. The van der Waals surface area contributed by atoms with E-state index < -0.39 is 71.1 Å². The van der Waals surface area contributed by atoms with Crippen LogP contribution in [0.4, 0.5) is 0 Å². The smallest absolute Gasteiger partial charge is 0.327 e. The quantitative estimate of drug-likeness (QED) is 0.196. The predicted octanol–water partition coefficient (Wildman–Crippen LogP) is 6.16. The van der Waals surface area contributed by atoms with Gasteiger partial charge in [0.15, 0.2) is 11.8 Å². The van der Waals surface area contributed by atoms with E-state index in [1.165, 1.54) is 18.4 Å². The Kier molecular flexibility index (Phi) is 9.59. The largest absolute Gasteiger partial charge is 0.460 e. The second-order valence-corrected chi connectivity index (χ2v) is 21.5. The third-order valence-electron chi connectivity index (χ3n) is 15.6. The molecule has 1 aromatic carbocycles. The summed E-state index contributed by atoms with van der Waals surface area (Å²) in [7, 11) is 0. The summed E-state index contributed by atoms with van der Waals surface area (Å²) in [5, 5.41) is 15.2. The molecule has 5 saturated carbocycles. The molecule has 0 radical (unpaired) electrons. The van der Waals surface area contributed by atoms with Crippen LogP contribution in [0.1, 0.15) is 130 Å². The van der Waals surface area contributed by atoms with E-state index in [0.717, 1.165) is 56.1 Å². The number of hydroxylamine groups is 2. The summed E-state index contributed by atoms with van der Waals surface area (Å²) in [5.74, 6) is -0.381. The molecule has 4 heterocycles. The first-order valence-corrected chi connectivity index (χ1v) is 22.6. The fourth-order valence-electron chi connectivity index (χ4n) is 12.3. The number of aliphatic hydroxyl groups is 1. The Bertz CT molecular complexity index is 1890. The summed E-state index contributed by atoms with van der Waals surface area (Å²) in [6.07, 6.45) is 10.0. The van der Waals surface area contributed by atoms with Gasteiger partial charge in [0.05, 0.1) is 30.9 Å². The third kappa shape index (κ3) is 7.00. The fraction of sp³-hybridized carbons (Fsp3) is 0.766. The first kappa shape index (κ1) is 40.2. The molecule has 1 aromatic rings. The number of rotatable bonds is 11. The topological polar surface area (TPSA) is 145 Å². The summed E-state index contributed by atoms with van der Waals surface area (Å²) >= 11 is 0. The van der Waals surface area contributed by atoms with Crippen molar-refractivity contribution in [2.24, 2.45) is 34.5 Å². The first-order chi connectivity index (χ1) is 28.0. The number of amides is 1. The number of hydrogen-bond acceptors (Lipinski definition) is 11. The van der Waals surface area contributed by atoms with Gasteiger partial charge in [-0.3, -0.25) is 19.2 Å². The number of allylic oxidation sites excluding steroid dienone is 1. The molecule has 12 nitrogen and oxygen atoms in total. The molecule has 322 valence electrons. The average molecular weight is 817 g/mol. The van der Waals surface area contributed by atoms with Crippen LogP contribution in [0.3, 0.4) is 0 Å². The monoisotopic (exact) mass is 816 g/mol. The lowest BCUT2D eigenvalue weighted by atomic mass is 9.52. The summed E-state index contributed by atoms with van der Waals surface area (Å²) in [6.45, 7) is 12.4. The number of carbonyl (C=O) groups excluding carboxylic acids is 3. The summed E-state index contributed by atoms with van der Waals surface area (Å²) in [4.78, 5) is 48.9. The molecule has 0 aromatic heterocycles. The molecule has 4 aliphatic heterocycles. The minimum Gasteiger partial charge on any atom is -0.460 e. The van der Waals surface area contributed by atoms with E-state index in [0.29, 0.717) is 23.4 Å². The SMILES string of the molecule is CC(C)(C)OC(=O)CCC(CO)NC(=O)C12CC3OC(=O)C1N(Cc1cccc(C=C4CCC5OC5(C)CCC5C4CC5(C)C)c1)OC2C1OC(C2CC2)(C2CC2)OC31. The molecule has 9 fully saturated rings. The third-order valence-corrected chi connectivity index (χ3v) is 15.6. The number of carbonyl (C=O) groups is 3. The zero-order valence-corrected chi connectivity index (χ0v) is 35.7. The van der Waals surface area contributed by atoms with Gasteiger partial charge in [0, 0.05) is 24.7 Å². The minimum absolute atomic E-state index is 0.0161. The predicted molar refractivity (Wildman–Crippen MR) is 215 cm³/mol. The van der Waals surface area contributed by atoms with Gasteiger partial charge in [0.25, 0.3) is 0 Å². The number of fused-ring (bicyclic) bond motifs is 6. The lowest BCUT2D eigenvalue weighted by Crippen LogP contribution is -2.70. The van der Waals surface area contributed by atoms with Gasteiger partial charge in [-0.25, -0.2) is 0 Å². The van der Waals surface area contributed by atoms with E-state index >= 15 is 0 Å². The number of nitrogens with one attached hydrogen (secondary N) is 1. The molecule has 9 aliphatic rings. The van der Waals surface area contributed by atoms with Crippen molar-refractivity contribution in [2.45, 2.75) is 185 Å². The van der Waals surface area contributed by atoms with Crippen LogP contribution in [0.5, 0.6) is 0 Å². The zero-order valence-electron chi connectivity index (χ0n) is 35.7. The van der Waals surface area contributed by atoms with Crippen LogP contribution in [0, 0.1) is 34.5 Å². The number of benzene rings is 1. The molecular weight excluding hydrogens is 753 g/mol. The second-order valence-electron chi connectivity index (χ2n) is 21.5. The van der Waals surface area contributed by atoms with E-state index in [1.807, 2.05) is 6.07 Å². The highest BCUT2D eigenvalue weighted by Gasteiger charge is 2.78. The summed E-state index contributed by atoms with van der Waals surface area (Å²) in [5.41, 5.74) is 1.86. The number of esters is 2. The van der Waals surface area contributed by atoms with Crippen LogP contribution in [0.25, 0.3) is 6.08 Å². The van der Waals surface area contributed by atoms with Crippen molar-refractivity contribution >= 4 is 23.9 Å². The van der Waals surface area contributed by atoms with Crippen molar-refractivity contribution in [3.05, 3.63) is 41.0 Å². The van der Waals surface area contributed by atoms with Gasteiger partial charge in [0.2, 0.25) is 5.91 Å². The van der Waals surface area contributed by atoms with Gasteiger partial charge in [0.1, 0.15) is 35.4 Å². The van der Waals surface area contributed by atoms with Gasteiger partial charge in [-0.2, -0.15) is 5.06 Å². The Morgan fingerprint density at radius 1 is 1.02 bits per heavy atom. The van der Waals surface area contributed by atoms with Crippen LogP contribution in [-0.2, 0) is 49.5 Å². The average Bonchev–Trinajstić information content (AvgIpc) is 4.11. The molecule has 2 N–H and O–H groups in total. The number of aliphatic hydroxyl groups excluding tert-OH is 1. The van der Waals surface area contributed by atoms with Gasteiger partial charge in [-0.15, -0.1) is 0 Å². The maximum absolute atomic E-state index is 15.0. The van der Waals surface area contributed by atoms with Crippen LogP contribution in [-0.4, -0.2) is 94.2 Å². The maximum atomic E-state index is 15.0. The van der Waals surface area contributed by atoms with Crippen LogP contribution < -0.4 is 5.32 Å². The molecule has 12 heteroatoms. The van der Waals surface area contributed by atoms with E-state index in [1.54, 1.807) is 25.8 Å². The van der Waals surface area contributed by atoms with Crippen molar-refractivity contribution in [3.63, 3.8) is 0 Å². The standard InChI is InChI=1S/C47H64N2O10/c1-43(2,3)56-36(51)17-15-31(25-50)48-42(53)46-23-34-37-38(58-47(57-37,29-11-12-29)30-13-14-30)40(46)59-49(39(46)41(52)54-34)24-27-9-7-8-26(20-27)21-28-10-16-35-45(6,55-35)19-18-33-32(28)22-44(33,4)5/h7-9,20-21,29-35,37-40,50H,10-19,22-25H2,1-6H3,(H,48,53). The van der Waals surface area contributed by atoms with E-state index in [-0.39, 0.29) is 49.9 Å². The van der Waals surface area contributed by atoms with E-state index in [9.17, 15) is 19.5 Å². The van der Waals surface area contributed by atoms with E-state index in [4.69, 9.17) is 28.5 Å². The van der Waals surface area contributed by atoms with Gasteiger partial charge in [-0.1, -0.05) is 49.8 Å². The highest BCUT2D eigenvalue weighted by molar-refractivity contribution is 5.94. The number of epoxide rings is 1. The van der Waals surface area contributed by atoms with Crippen molar-refractivity contribution in [3.8, 4) is 0 Å². The zero-order chi connectivity index (χ0) is 41.3. The van der Waals surface area contributed by atoms with Crippen molar-refractivity contribution < 1.29 is 48.0 Å². The molecule has 5 aliphatic carbocycles. The first-order valence-electron chi connectivity index (χ1n) is 22.6. The molecule has 4 saturated heterocycles. The number of hydrogen-bond donors (Lipinski definition) is 2. The van der Waals surface area contributed by atoms with Crippen molar-refractivity contribution in [1.29, 1.82) is 0 Å². The lowest BCUT2D eigenvalue weighted by Gasteiger charge is -2.53. The molecule has 0 spiro atoms. The highest BCUT2D eigenvalue weighted by Crippen LogP contribution is 2.64. The lowest BCUT2D eigenvalue weighted by molar-refractivity contribution is -0.235. The molecular formula is C47H64N2O10. The highest BCUT2D eigenvalue weighted by atomic mass is 16.8. The minimum atomic E-state index is -1.38. The van der Waals surface area contributed by atoms with Crippen LogP contribution in [0.2, 0.25) is 0 Å². The van der Waals surface area contributed by atoms with Gasteiger partial charge < -0.3 is 34.1 Å².